The number of ether oxygens (including phenoxy) is 1. The molecule has 1 heterocycles. The van der Waals surface area contributed by atoms with Crippen LogP contribution in [-0.4, -0.2) is 48.1 Å². The molecule has 0 aromatic heterocycles. The summed E-state index contributed by atoms with van der Waals surface area (Å²) in [6.07, 6.45) is 0.592. The lowest BCUT2D eigenvalue weighted by atomic mass is 10.1. The number of carboxylic acid groups (broad SMARTS) is 1. The average Bonchev–Trinajstić information content (AvgIpc) is 3.04. The monoisotopic (exact) mass is 356 g/mol. The summed E-state index contributed by atoms with van der Waals surface area (Å²) in [5.74, 6) is -0.533. The number of aliphatic carboxylic acids is 1. The van der Waals surface area contributed by atoms with Gasteiger partial charge in [-0.3, -0.25) is 14.5 Å². The first kappa shape index (κ1) is 20.3. The van der Waals surface area contributed by atoms with Crippen LogP contribution in [0.2, 0.25) is 0 Å². The number of hydrogen-bond acceptors (Lipinski definition) is 4. The van der Waals surface area contributed by atoms with Crippen LogP contribution in [0, 0.1) is 5.92 Å². The second-order valence-corrected chi connectivity index (χ2v) is 5.97. The van der Waals surface area contributed by atoms with E-state index < -0.39 is 5.97 Å². The smallest absolute Gasteiger partial charge is 0.307 e. The number of carbonyl (C=O) groups is 2. The highest BCUT2D eigenvalue weighted by Crippen LogP contribution is 2.25. The molecule has 134 valence electrons. The summed E-state index contributed by atoms with van der Waals surface area (Å²) in [4.78, 5) is 25.4. The SMILES string of the molecule is COc1ccccc1C(C)NC(=O)C(C)N1CCC(C(=O)O)C1.Cl. The number of rotatable bonds is 6. The van der Waals surface area contributed by atoms with Gasteiger partial charge in [0.15, 0.2) is 0 Å². The van der Waals surface area contributed by atoms with Crippen LogP contribution in [0.15, 0.2) is 24.3 Å². The van der Waals surface area contributed by atoms with Crippen molar-refractivity contribution in [2.45, 2.75) is 32.4 Å². The van der Waals surface area contributed by atoms with E-state index in [1.54, 1.807) is 7.11 Å². The van der Waals surface area contributed by atoms with Gasteiger partial charge < -0.3 is 15.2 Å². The maximum absolute atomic E-state index is 12.4. The number of carbonyl (C=O) groups excluding carboxylic acids is 1. The topological polar surface area (TPSA) is 78.9 Å². The molecule has 1 saturated heterocycles. The highest BCUT2D eigenvalue weighted by atomic mass is 35.5. The van der Waals surface area contributed by atoms with Crippen LogP contribution in [0.1, 0.15) is 31.9 Å². The zero-order valence-corrected chi connectivity index (χ0v) is 15.0. The van der Waals surface area contributed by atoms with Crippen LogP contribution in [0.4, 0.5) is 0 Å². The molecule has 1 aromatic carbocycles. The van der Waals surface area contributed by atoms with E-state index in [1.807, 2.05) is 43.0 Å². The maximum Gasteiger partial charge on any atom is 0.307 e. The summed E-state index contributed by atoms with van der Waals surface area (Å²) in [5.41, 5.74) is 0.917. The molecule has 7 heteroatoms. The lowest BCUT2D eigenvalue weighted by molar-refractivity contribution is -0.141. The second-order valence-electron chi connectivity index (χ2n) is 5.97. The Hall–Kier alpha value is -1.79. The van der Waals surface area contributed by atoms with E-state index in [0.29, 0.717) is 19.5 Å². The Labute approximate surface area is 148 Å². The van der Waals surface area contributed by atoms with Crippen LogP contribution >= 0.6 is 12.4 Å². The molecule has 6 nitrogen and oxygen atoms in total. The van der Waals surface area contributed by atoms with Gasteiger partial charge in [0.2, 0.25) is 5.91 Å². The van der Waals surface area contributed by atoms with Crippen LogP contribution in [0.25, 0.3) is 0 Å². The van der Waals surface area contributed by atoms with Crippen molar-refractivity contribution in [1.82, 2.24) is 10.2 Å². The molecule has 1 amide bonds. The molecular formula is C17H25ClN2O4. The van der Waals surface area contributed by atoms with E-state index >= 15 is 0 Å². The molecule has 0 bridgehead atoms. The van der Waals surface area contributed by atoms with Crippen molar-refractivity contribution in [3.8, 4) is 5.75 Å². The Kier molecular flexibility index (Phi) is 7.51. The van der Waals surface area contributed by atoms with Gasteiger partial charge in [-0.25, -0.2) is 0 Å². The Morgan fingerprint density at radius 1 is 1.33 bits per heavy atom. The average molecular weight is 357 g/mol. The van der Waals surface area contributed by atoms with Gasteiger partial charge in [-0.15, -0.1) is 12.4 Å². The third-order valence-corrected chi connectivity index (χ3v) is 4.46. The van der Waals surface area contributed by atoms with Gasteiger partial charge in [0.1, 0.15) is 5.75 Å². The van der Waals surface area contributed by atoms with Crippen LogP contribution in [0.5, 0.6) is 5.75 Å². The molecule has 1 aliphatic rings. The van der Waals surface area contributed by atoms with E-state index in [9.17, 15) is 9.59 Å². The largest absolute Gasteiger partial charge is 0.496 e. The fourth-order valence-corrected chi connectivity index (χ4v) is 2.94. The van der Waals surface area contributed by atoms with Crippen molar-refractivity contribution in [2.24, 2.45) is 5.92 Å². The Morgan fingerprint density at radius 2 is 2.00 bits per heavy atom. The number of halogens is 1. The quantitative estimate of drug-likeness (QED) is 0.816. The fourth-order valence-electron chi connectivity index (χ4n) is 2.94. The number of amides is 1. The summed E-state index contributed by atoms with van der Waals surface area (Å²) in [7, 11) is 1.60. The fraction of sp³-hybridized carbons (Fsp3) is 0.529. The van der Waals surface area contributed by atoms with Crippen LogP contribution < -0.4 is 10.1 Å². The maximum atomic E-state index is 12.4. The zero-order valence-electron chi connectivity index (χ0n) is 14.2. The predicted octanol–water partition coefficient (Wildman–Crippen LogP) is 2.09. The number of nitrogens with one attached hydrogen (secondary N) is 1. The first-order valence-corrected chi connectivity index (χ1v) is 7.84. The van der Waals surface area contributed by atoms with Crippen molar-refractivity contribution < 1.29 is 19.4 Å². The third kappa shape index (κ3) is 4.61. The van der Waals surface area contributed by atoms with Gasteiger partial charge in [-0.2, -0.15) is 0 Å². The minimum atomic E-state index is -0.789. The number of nitrogens with zero attached hydrogens (tertiary/aromatic N) is 1. The molecule has 0 radical (unpaired) electrons. The number of benzene rings is 1. The van der Waals surface area contributed by atoms with E-state index in [1.165, 1.54) is 0 Å². The van der Waals surface area contributed by atoms with Gasteiger partial charge in [0.25, 0.3) is 0 Å². The standard InChI is InChI=1S/C17H24N2O4.ClH/c1-11(14-6-4-5-7-15(14)23-3)18-16(20)12(2)19-9-8-13(10-19)17(21)22;/h4-7,11-13H,8-10H2,1-3H3,(H,18,20)(H,21,22);1H. The van der Waals surface area contributed by atoms with Crippen molar-refractivity contribution in [3.63, 3.8) is 0 Å². The molecule has 3 unspecified atom stereocenters. The zero-order chi connectivity index (χ0) is 17.0. The van der Waals surface area contributed by atoms with Gasteiger partial charge in [-0.1, -0.05) is 18.2 Å². The molecule has 2 N–H and O–H groups in total. The molecule has 1 fully saturated rings. The molecular weight excluding hydrogens is 332 g/mol. The molecule has 1 aliphatic heterocycles. The van der Waals surface area contributed by atoms with Crippen molar-refractivity contribution in [2.75, 3.05) is 20.2 Å². The Morgan fingerprint density at radius 3 is 2.58 bits per heavy atom. The number of hydrogen-bond donors (Lipinski definition) is 2. The second kappa shape index (κ2) is 8.89. The van der Waals surface area contributed by atoms with Gasteiger partial charge in [0.05, 0.1) is 25.1 Å². The highest BCUT2D eigenvalue weighted by molar-refractivity contribution is 5.85. The molecule has 2 rings (SSSR count). The minimum absolute atomic E-state index is 0. The van der Waals surface area contributed by atoms with E-state index in [0.717, 1.165) is 11.3 Å². The lowest BCUT2D eigenvalue weighted by Crippen LogP contribution is -2.45. The van der Waals surface area contributed by atoms with Gasteiger partial charge in [-0.05, 0) is 32.9 Å². The molecule has 0 saturated carbocycles. The molecule has 3 atom stereocenters. The third-order valence-electron chi connectivity index (χ3n) is 4.46. The lowest BCUT2D eigenvalue weighted by Gasteiger charge is -2.25. The van der Waals surface area contributed by atoms with E-state index in [2.05, 4.69) is 5.32 Å². The van der Waals surface area contributed by atoms with Crippen LogP contribution in [0.3, 0.4) is 0 Å². The summed E-state index contributed by atoms with van der Waals surface area (Å²) >= 11 is 0. The molecule has 0 spiro atoms. The molecule has 1 aromatic rings. The number of para-hydroxylation sites is 1. The molecule has 24 heavy (non-hydrogen) atoms. The summed E-state index contributed by atoms with van der Waals surface area (Å²) in [6, 6.07) is 7.04. The summed E-state index contributed by atoms with van der Waals surface area (Å²) in [6.45, 7) is 4.78. The van der Waals surface area contributed by atoms with Gasteiger partial charge >= 0.3 is 5.97 Å². The highest BCUT2D eigenvalue weighted by Gasteiger charge is 2.33. The first-order chi connectivity index (χ1) is 10.9. The summed E-state index contributed by atoms with van der Waals surface area (Å²) < 4.78 is 5.32. The van der Waals surface area contributed by atoms with E-state index in [4.69, 9.17) is 9.84 Å². The van der Waals surface area contributed by atoms with Crippen molar-refractivity contribution in [1.29, 1.82) is 0 Å². The van der Waals surface area contributed by atoms with Gasteiger partial charge in [0, 0.05) is 12.1 Å². The minimum Gasteiger partial charge on any atom is -0.496 e. The Balaban J connectivity index is 0.00000288. The molecule has 0 aliphatic carbocycles. The van der Waals surface area contributed by atoms with Crippen molar-refractivity contribution in [3.05, 3.63) is 29.8 Å². The predicted molar refractivity (Wildman–Crippen MR) is 93.6 cm³/mol. The first-order valence-electron chi connectivity index (χ1n) is 7.84. The number of methoxy groups -OCH3 is 1. The van der Waals surface area contributed by atoms with Crippen molar-refractivity contribution >= 4 is 24.3 Å². The number of carboxylic acids is 1. The van der Waals surface area contributed by atoms with Crippen LogP contribution in [-0.2, 0) is 9.59 Å². The Bertz CT molecular complexity index is 581. The normalized spacial score (nSPS) is 19.9. The number of likely N-dealkylation sites (tertiary alicyclic amines) is 1. The van der Waals surface area contributed by atoms with E-state index in [-0.39, 0.29) is 36.3 Å². The summed E-state index contributed by atoms with van der Waals surface area (Å²) in [5, 5.41) is 12.0.